The van der Waals surface area contributed by atoms with Gasteiger partial charge in [-0.15, -0.1) is 0 Å². The van der Waals surface area contributed by atoms with Crippen molar-refractivity contribution in [2.75, 3.05) is 0 Å². The van der Waals surface area contributed by atoms with Gasteiger partial charge in [0.05, 0.1) is 0 Å². The molecule has 0 spiro atoms. The number of fused-ring (bicyclic) bond motifs is 1. The minimum Gasteiger partial charge on any atom is -0.368 e. The van der Waals surface area contributed by atoms with Crippen LogP contribution < -0.4 is 11.1 Å². The lowest BCUT2D eigenvalue weighted by atomic mass is 10.1. The molecule has 3 aromatic rings. The highest BCUT2D eigenvalue weighted by Crippen LogP contribution is 2.20. The van der Waals surface area contributed by atoms with Gasteiger partial charge in [-0.3, -0.25) is 9.59 Å². The maximum Gasteiger partial charge on any atom is 0.244 e. The lowest BCUT2D eigenvalue weighted by molar-refractivity contribution is -0.127. The summed E-state index contributed by atoms with van der Waals surface area (Å²) >= 11 is 6.01. The van der Waals surface area contributed by atoms with E-state index in [9.17, 15) is 9.59 Å². The fourth-order valence-electron chi connectivity index (χ4n) is 2.62. The van der Waals surface area contributed by atoms with Crippen molar-refractivity contribution in [3.63, 3.8) is 0 Å². The van der Waals surface area contributed by atoms with Gasteiger partial charge in [0.1, 0.15) is 12.6 Å². The van der Waals surface area contributed by atoms with Crippen molar-refractivity contribution in [2.24, 2.45) is 5.73 Å². The van der Waals surface area contributed by atoms with Gasteiger partial charge in [0, 0.05) is 16.7 Å². The van der Waals surface area contributed by atoms with Gasteiger partial charge in [0.15, 0.2) is 0 Å². The van der Waals surface area contributed by atoms with E-state index in [1.54, 1.807) is 41.0 Å². The summed E-state index contributed by atoms with van der Waals surface area (Å²) in [6.07, 6.45) is 1.81. The molecule has 1 heterocycles. The van der Waals surface area contributed by atoms with Gasteiger partial charge < -0.3 is 15.6 Å². The largest absolute Gasteiger partial charge is 0.368 e. The van der Waals surface area contributed by atoms with Gasteiger partial charge >= 0.3 is 0 Å². The number of nitrogens with zero attached hydrogens (tertiary/aromatic N) is 1. The maximum atomic E-state index is 12.4. The summed E-state index contributed by atoms with van der Waals surface area (Å²) in [6.45, 7) is 0.0699. The first-order chi connectivity index (χ1) is 11.5. The lowest BCUT2D eigenvalue weighted by Gasteiger charge is -2.16. The van der Waals surface area contributed by atoms with Crippen LogP contribution in [0.3, 0.4) is 0 Å². The monoisotopic (exact) mass is 341 g/mol. The quantitative estimate of drug-likeness (QED) is 0.748. The van der Waals surface area contributed by atoms with Crippen LogP contribution in [0.4, 0.5) is 0 Å². The topological polar surface area (TPSA) is 77.1 Å². The molecule has 0 radical (unpaired) electrons. The fraction of sp³-hybridized carbons (Fsp3) is 0.111. The van der Waals surface area contributed by atoms with E-state index in [1.165, 1.54) is 0 Å². The predicted octanol–water partition coefficient (Wildman–Crippen LogP) is 2.64. The number of halogens is 1. The molecular weight excluding hydrogens is 326 g/mol. The Balaban J connectivity index is 1.78. The van der Waals surface area contributed by atoms with Crippen molar-refractivity contribution in [3.8, 4) is 0 Å². The van der Waals surface area contributed by atoms with E-state index in [0.29, 0.717) is 10.6 Å². The summed E-state index contributed by atoms with van der Waals surface area (Å²) < 4.78 is 1.78. The average molecular weight is 342 g/mol. The minimum atomic E-state index is -0.857. The number of rotatable bonds is 5. The molecule has 6 heteroatoms. The number of nitrogens with two attached hydrogens (primary N) is 1. The molecule has 24 heavy (non-hydrogen) atoms. The molecule has 0 bridgehead atoms. The molecule has 122 valence electrons. The molecule has 3 rings (SSSR count). The Morgan fingerprint density at radius 1 is 1.12 bits per heavy atom. The molecule has 0 saturated heterocycles. The Hall–Kier alpha value is -2.79. The second kappa shape index (κ2) is 6.76. The molecule has 5 nitrogen and oxygen atoms in total. The summed E-state index contributed by atoms with van der Waals surface area (Å²) in [5.74, 6) is -0.907. The molecule has 1 aromatic heterocycles. The van der Waals surface area contributed by atoms with Gasteiger partial charge in [-0.2, -0.15) is 0 Å². The highest BCUT2D eigenvalue weighted by Gasteiger charge is 2.20. The summed E-state index contributed by atoms with van der Waals surface area (Å²) in [6, 6.07) is 15.4. The number of hydrogen-bond donors (Lipinski definition) is 2. The van der Waals surface area contributed by atoms with Gasteiger partial charge in [-0.25, -0.2) is 0 Å². The van der Waals surface area contributed by atoms with Gasteiger partial charge in [-0.1, -0.05) is 48.0 Å². The number of aromatic nitrogens is 1. The van der Waals surface area contributed by atoms with Gasteiger partial charge in [0.2, 0.25) is 11.8 Å². The Bertz CT molecular complexity index is 890. The number of hydrogen-bond acceptors (Lipinski definition) is 2. The molecule has 3 N–H and O–H groups in total. The number of carbonyl (C=O) groups is 2. The van der Waals surface area contributed by atoms with Crippen LogP contribution in [0.15, 0.2) is 60.8 Å². The van der Waals surface area contributed by atoms with Crippen molar-refractivity contribution < 1.29 is 9.59 Å². The third-order valence-electron chi connectivity index (χ3n) is 3.77. The van der Waals surface area contributed by atoms with E-state index in [1.807, 2.05) is 24.4 Å². The molecule has 0 unspecified atom stereocenters. The molecule has 2 amide bonds. The second-order valence-electron chi connectivity index (χ2n) is 5.46. The zero-order chi connectivity index (χ0) is 17.1. The van der Waals surface area contributed by atoms with Crippen LogP contribution in [0.2, 0.25) is 5.02 Å². The predicted molar refractivity (Wildman–Crippen MR) is 93.5 cm³/mol. The number of primary amides is 1. The summed E-state index contributed by atoms with van der Waals surface area (Å²) in [7, 11) is 0. The van der Waals surface area contributed by atoms with Crippen molar-refractivity contribution in [2.45, 2.75) is 12.6 Å². The first-order valence-corrected chi connectivity index (χ1v) is 7.80. The molecular formula is C18H16ClN3O2. The zero-order valence-electron chi connectivity index (χ0n) is 12.8. The molecule has 0 aliphatic carbocycles. The SMILES string of the molecule is NC(=O)[C@H](NC(=O)Cn1ccc2ccc(Cl)cc21)c1ccccc1. The number of benzene rings is 2. The molecule has 0 aliphatic rings. The van der Waals surface area contributed by atoms with Crippen LogP contribution >= 0.6 is 11.6 Å². The minimum absolute atomic E-state index is 0.0699. The second-order valence-corrected chi connectivity index (χ2v) is 5.90. The molecule has 2 aromatic carbocycles. The molecule has 0 aliphatic heterocycles. The van der Waals surface area contributed by atoms with Crippen LogP contribution in [0.25, 0.3) is 10.9 Å². The van der Waals surface area contributed by atoms with Crippen molar-refractivity contribution in [3.05, 3.63) is 71.4 Å². The third-order valence-corrected chi connectivity index (χ3v) is 4.01. The lowest BCUT2D eigenvalue weighted by Crippen LogP contribution is -2.39. The van der Waals surface area contributed by atoms with Crippen LogP contribution in [-0.4, -0.2) is 16.4 Å². The van der Waals surface area contributed by atoms with Crippen molar-refractivity contribution in [1.29, 1.82) is 0 Å². The zero-order valence-corrected chi connectivity index (χ0v) is 13.5. The standard InChI is InChI=1S/C18H16ClN3O2/c19-14-7-6-12-8-9-22(15(12)10-14)11-16(23)21-17(18(20)24)13-4-2-1-3-5-13/h1-10,17H,11H2,(H2,20,24)(H,21,23)/t17-/m1/s1. The highest BCUT2D eigenvalue weighted by molar-refractivity contribution is 6.31. The summed E-state index contributed by atoms with van der Waals surface area (Å²) in [5, 5.41) is 4.27. The Labute approximate surface area is 144 Å². The number of amides is 2. The van der Waals surface area contributed by atoms with Crippen LogP contribution in [0.5, 0.6) is 0 Å². The maximum absolute atomic E-state index is 12.4. The first kappa shape index (κ1) is 16.1. The van der Waals surface area contributed by atoms with Crippen LogP contribution in [-0.2, 0) is 16.1 Å². The molecule has 0 saturated carbocycles. The van der Waals surface area contributed by atoms with Gasteiger partial charge in [0.25, 0.3) is 0 Å². The van der Waals surface area contributed by atoms with Crippen LogP contribution in [0, 0.1) is 0 Å². The van der Waals surface area contributed by atoms with E-state index in [-0.39, 0.29) is 12.5 Å². The van der Waals surface area contributed by atoms with E-state index in [0.717, 1.165) is 10.9 Å². The number of nitrogens with one attached hydrogen (secondary N) is 1. The Kier molecular flexibility index (Phi) is 4.53. The van der Waals surface area contributed by atoms with E-state index in [4.69, 9.17) is 17.3 Å². The van der Waals surface area contributed by atoms with Crippen molar-refractivity contribution in [1.82, 2.24) is 9.88 Å². The first-order valence-electron chi connectivity index (χ1n) is 7.42. The van der Waals surface area contributed by atoms with Gasteiger partial charge in [-0.05, 0) is 29.1 Å². The third kappa shape index (κ3) is 3.41. The Morgan fingerprint density at radius 3 is 2.58 bits per heavy atom. The van der Waals surface area contributed by atoms with E-state index >= 15 is 0 Å². The normalized spacial score (nSPS) is 12.0. The Morgan fingerprint density at radius 2 is 1.88 bits per heavy atom. The van der Waals surface area contributed by atoms with E-state index in [2.05, 4.69) is 5.32 Å². The molecule has 1 atom stereocenters. The fourth-order valence-corrected chi connectivity index (χ4v) is 2.79. The van der Waals surface area contributed by atoms with E-state index < -0.39 is 11.9 Å². The van der Waals surface area contributed by atoms with Crippen LogP contribution in [0.1, 0.15) is 11.6 Å². The highest BCUT2D eigenvalue weighted by atomic mass is 35.5. The number of carbonyl (C=O) groups excluding carboxylic acids is 2. The summed E-state index contributed by atoms with van der Waals surface area (Å²) in [5.41, 5.74) is 6.93. The molecule has 0 fully saturated rings. The smallest absolute Gasteiger partial charge is 0.244 e. The summed E-state index contributed by atoms with van der Waals surface area (Å²) in [4.78, 5) is 24.0. The average Bonchev–Trinajstić information content (AvgIpc) is 2.95. The van der Waals surface area contributed by atoms with Crippen molar-refractivity contribution >= 4 is 34.3 Å².